The van der Waals surface area contributed by atoms with Gasteiger partial charge in [0.2, 0.25) is 0 Å². The van der Waals surface area contributed by atoms with Gasteiger partial charge in [0.15, 0.2) is 0 Å². The molecule has 2 N–H and O–H groups in total. The van der Waals surface area contributed by atoms with Crippen LogP contribution in [0.1, 0.15) is 24.8 Å². The Morgan fingerprint density at radius 3 is 2.48 bits per heavy atom. The van der Waals surface area contributed by atoms with Gasteiger partial charge in [-0.25, -0.2) is 4.98 Å². The third-order valence-corrected chi connectivity index (χ3v) is 3.85. The number of hydrogen-bond donors (Lipinski definition) is 2. The molecule has 0 amide bonds. The van der Waals surface area contributed by atoms with E-state index in [4.69, 9.17) is 4.74 Å². The minimum Gasteiger partial charge on any atom is -0.385 e. The maximum absolute atomic E-state index is 12.8. The van der Waals surface area contributed by atoms with Crippen molar-refractivity contribution < 1.29 is 17.9 Å². The number of nitrogens with one attached hydrogen (secondary N) is 2. The second kappa shape index (κ2) is 6.09. The Morgan fingerprint density at radius 1 is 1.29 bits per heavy atom. The zero-order valence-electron chi connectivity index (χ0n) is 12.2. The van der Waals surface area contributed by atoms with Crippen LogP contribution in [0.25, 0.3) is 0 Å². The first kappa shape index (κ1) is 15.9. The van der Waals surface area contributed by atoms with Gasteiger partial charge in [-0.05, 0) is 36.8 Å². The monoisotopic (exact) mass is 303 g/mol. The first-order valence-electron chi connectivity index (χ1n) is 6.88. The molecule has 1 aliphatic carbocycles. The van der Waals surface area contributed by atoms with E-state index in [1.165, 1.54) is 0 Å². The van der Waals surface area contributed by atoms with Gasteiger partial charge in [0.05, 0.1) is 5.56 Å². The lowest BCUT2D eigenvalue weighted by Gasteiger charge is -2.17. The van der Waals surface area contributed by atoms with Crippen LogP contribution in [0.3, 0.4) is 0 Å². The minimum atomic E-state index is -4.38. The van der Waals surface area contributed by atoms with Crippen molar-refractivity contribution in [1.29, 1.82) is 0 Å². The maximum Gasteiger partial charge on any atom is 0.416 e. The molecule has 1 fully saturated rings. The van der Waals surface area contributed by atoms with Gasteiger partial charge in [0.25, 0.3) is 0 Å². The molecule has 0 aliphatic heterocycles. The lowest BCUT2D eigenvalue weighted by atomic mass is 10.0. The van der Waals surface area contributed by atoms with Crippen LogP contribution < -0.4 is 10.6 Å². The predicted octanol–water partition coefficient (Wildman–Crippen LogP) is 3.37. The predicted molar refractivity (Wildman–Crippen MR) is 75.4 cm³/mol. The molecule has 1 aromatic rings. The third kappa shape index (κ3) is 4.23. The summed E-state index contributed by atoms with van der Waals surface area (Å²) in [7, 11) is 3.20. The molecular formula is C14H20F3N3O. The number of aromatic nitrogens is 1. The van der Waals surface area contributed by atoms with Gasteiger partial charge >= 0.3 is 6.18 Å². The van der Waals surface area contributed by atoms with Crippen LogP contribution in [0.4, 0.5) is 24.8 Å². The zero-order valence-corrected chi connectivity index (χ0v) is 12.2. The summed E-state index contributed by atoms with van der Waals surface area (Å²) < 4.78 is 43.6. The van der Waals surface area contributed by atoms with E-state index in [0.29, 0.717) is 13.2 Å². The van der Waals surface area contributed by atoms with Gasteiger partial charge in [-0.2, -0.15) is 13.2 Å². The van der Waals surface area contributed by atoms with E-state index in [0.717, 1.165) is 31.4 Å². The number of halogens is 3. The number of alkyl halides is 3. The topological polar surface area (TPSA) is 46.2 Å². The minimum absolute atomic E-state index is 0.145. The van der Waals surface area contributed by atoms with Crippen LogP contribution >= 0.6 is 0 Å². The Kier molecular flexibility index (Phi) is 4.61. The summed E-state index contributed by atoms with van der Waals surface area (Å²) in [6.07, 6.45) is -1.32. The van der Waals surface area contributed by atoms with Crippen molar-refractivity contribution in [2.24, 2.45) is 5.41 Å². The highest BCUT2D eigenvalue weighted by Crippen LogP contribution is 2.48. The first-order valence-corrected chi connectivity index (χ1v) is 6.88. The molecule has 0 aromatic carbocycles. The van der Waals surface area contributed by atoms with E-state index in [9.17, 15) is 13.2 Å². The molecule has 0 saturated heterocycles. The molecule has 0 atom stereocenters. The average molecular weight is 303 g/mol. The van der Waals surface area contributed by atoms with Gasteiger partial charge in [-0.1, -0.05) is 0 Å². The van der Waals surface area contributed by atoms with Crippen molar-refractivity contribution >= 4 is 11.6 Å². The molecule has 0 bridgehead atoms. The Hall–Kier alpha value is -1.50. The normalized spacial score (nSPS) is 16.6. The van der Waals surface area contributed by atoms with Crippen molar-refractivity contribution in [3.05, 3.63) is 17.7 Å². The van der Waals surface area contributed by atoms with Gasteiger partial charge < -0.3 is 15.4 Å². The molecule has 7 heteroatoms. The highest BCUT2D eigenvalue weighted by atomic mass is 19.4. The van der Waals surface area contributed by atoms with Crippen molar-refractivity contribution in [2.45, 2.75) is 25.4 Å². The summed E-state index contributed by atoms with van der Waals surface area (Å²) in [5.41, 5.74) is -0.558. The summed E-state index contributed by atoms with van der Waals surface area (Å²) in [6.45, 7) is 1.29. The standard InChI is InChI=1S/C14H20F3N3O/c1-18-11-7-10(14(15,16)17)8-12(20-11)19-9-13(3-4-13)5-6-21-2/h7-8H,3-6,9H2,1-2H3,(H2,18,19,20). The summed E-state index contributed by atoms with van der Waals surface area (Å²) in [5, 5.41) is 5.69. The van der Waals surface area contributed by atoms with E-state index in [1.807, 2.05) is 0 Å². The highest BCUT2D eigenvalue weighted by molar-refractivity contribution is 5.49. The number of ether oxygens (including phenoxy) is 1. The molecule has 0 unspecified atom stereocenters. The summed E-state index contributed by atoms with van der Waals surface area (Å²) >= 11 is 0. The molecule has 0 spiro atoms. The van der Waals surface area contributed by atoms with Crippen LogP contribution in [0.5, 0.6) is 0 Å². The van der Waals surface area contributed by atoms with Crippen LogP contribution in [0, 0.1) is 5.41 Å². The van der Waals surface area contributed by atoms with E-state index < -0.39 is 11.7 Å². The Labute approximate surface area is 122 Å². The molecule has 4 nitrogen and oxygen atoms in total. The maximum atomic E-state index is 12.8. The molecule has 1 saturated carbocycles. The van der Waals surface area contributed by atoms with Crippen LogP contribution in [0.15, 0.2) is 12.1 Å². The molecule has 0 radical (unpaired) electrons. The molecule has 2 rings (SSSR count). The lowest BCUT2D eigenvalue weighted by Crippen LogP contribution is -2.18. The van der Waals surface area contributed by atoms with Gasteiger partial charge in [-0.15, -0.1) is 0 Å². The first-order chi connectivity index (χ1) is 9.88. The number of methoxy groups -OCH3 is 1. The fourth-order valence-corrected chi connectivity index (χ4v) is 2.20. The Morgan fingerprint density at radius 2 is 1.95 bits per heavy atom. The summed E-state index contributed by atoms with van der Waals surface area (Å²) in [5.74, 6) is 0.451. The number of rotatable bonds is 7. The van der Waals surface area contributed by atoms with Crippen molar-refractivity contribution in [2.75, 3.05) is 37.9 Å². The quantitative estimate of drug-likeness (QED) is 0.811. The molecule has 1 heterocycles. The molecule has 1 aliphatic rings. The summed E-state index contributed by atoms with van der Waals surface area (Å²) in [6, 6.07) is 2.05. The molecule has 21 heavy (non-hydrogen) atoms. The number of anilines is 2. The van der Waals surface area contributed by atoms with Gasteiger partial charge in [0.1, 0.15) is 11.6 Å². The fraction of sp³-hybridized carbons (Fsp3) is 0.643. The van der Waals surface area contributed by atoms with Crippen molar-refractivity contribution in [1.82, 2.24) is 4.98 Å². The lowest BCUT2D eigenvalue weighted by molar-refractivity contribution is -0.137. The SMILES string of the molecule is CNc1cc(C(F)(F)F)cc(NCC2(CCOC)CC2)n1. The molecular weight excluding hydrogens is 283 g/mol. The number of hydrogen-bond acceptors (Lipinski definition) is 4. The largest absolute Gasteiger partial charge is 0.416 e. The smallest absolute Gasteiger partial charge is 0.385 e. The Bertz CT molecular complexity index is 487. The Balaban J connectivity index is 2.06. The molecule has 1 aromatic heterocycles. The van der Waals surface area contributed by atoms with E-state index in [1.54, 1.807) is 14.2 Å². The number of pyridine rings is 1. The fourth-order valence-electron chi connectivity index (χ4n) is 2.20. The average Bonchev–Trinajstić information content (AvgIpc) is 3.22. The van der Waals surface area contributed by atoms with Crippen LogP contribution in [-0.4, -0.2) is 32.3 Å². The van der Waals surface area contributed by atoms with E-state index in [2.05, 4.69) is 15.6 Å². The zero-order chi connectivity index (χ0) is 15.5. The third-order valence-electron chi connectivity index (χ3n) is 3.85. The van der Waals surface area contributed by atoms with Crippen molar-refractivity contribution in [3.8, 4) is 0 Å². The van der Waals surface area contributed by atoms with Crippen LogP contribution in [-0.2, 0) is 10.9 Å². The van der Waals surface area contributed by atoms with Crippen molar-refractivity contribution in [3.63, 3.8) is 0 Å². The van der Waals surface area contributed by atoms with Gasteiger partial charge in [0, 0.05) is 27.3 Å². The molecule has 118 valence electrons. The summed E-state index contributed by atoms with van der Waals surface area (Å²) in [4.78, 5) is 4.12. The van der Waals surface area contributed by atoms with E-state index >= 15 is 0 Å². The van der Waals surface area contributed by atoms with Crippen LogP contribution in [0.2, 0.25) is 0 Å². The number of nitrogens with zero attached hydrogens (tertiary/aromatic N) is 1. The van der Waals surface area contributed by atoms with Gasteiger partial charge in [-0.3, -0.25) is 0 Å². The second-order valence-electron chi connectivity index (χ2n) is 5.47. The highest BCUT2D eigenvalue weighted by Gasteiger charge is 2.42. The second-order valence-corrected chi connectivity index (χ2v) is 5.47. The van der Waals surface area contributed by atoms with E-state index in [-0.39, 0.29) is 17.1 Å².